The Morgan fingerprint density at radius 2 is 2.14 bits per heavy atom. The quantitative estimate of drug-likeness (QED) is 0.674. The van der Waals surface area contributed by atoms with Crippen LogP contribution in [0.3, 0.4) is 0 Å². The van der Waals surface area contributed by atoms with Crippen LogP contribution < -0.4 is 10.2 Å². The molecule has 3 heterocycles. The van der Waals surface area contributed by atoms with Crippen molar-refractivity contribution in [1.29, 1.82) is 0 Å². The standard InChI is InChI=1S/C21H24ClFN6/c22-15-2-1-3-17(9-15)29(18-6-7-24-11-18)21-19-20(25-12-26-21)28(13-27-19)16-5-4-14(8-16)10-23/h1-3,9,12-14,16,18,24H,4-8,10-11H2. The fourth-order valence-corrected chi connectivity index (χ4v) is 4.90. The molecule has 3 aromatic rings. The molecule has 1 saturated carbocycles. The number of imidazole rings is 1. The molecular formula is C21H24ClFN6. The Morgan fingerprint density at radius 1 is 1.21 bits per heavy atom. The first kappa shape index (κ1) is 18.8. The molecule has 5 rings (SSSR count). The van der Waals surface area contributed by atoms with Gasteiger partial charge in [0.25, 0.3) is 0 Å². The minimum atomic E-state index is -0.249. The van der Waals surface area contributed by atoms with Crippen molar-refractivity contribution < 1.29 is 4.39 Å². The van der Waals surface area contributed by atoms with Crippen LogP contribution in [-0.4, -0.2) is 45.3 Å². The van der Waals surface area contributed by atoms with Crippen LogP contribution in [0.1, 0.15) is 31.7 Å². The van der Waals surface area contributed by atoms with E-state index >= 15 is 0 Å². The van der Waals surface area contributed by atoms with Gasteiger partial charge in [0.2, 0.25) is 0 Å². The van der Waals surface area contributed by atoms with Crippen molar-refractivity contribution in [2.75, 3.05) is 24.7 Å². The third-order valence-corrected chi connectivity index (χ3v) is 6.41. The molecule has 3 atom stereocenters. The van der Waals surface area contributed by atoms with Gasteiger partial charge in [0.05, 0.1) is 13.0 Å². The molecular weight excluding hydrogens is 391 g/mol. The number of aromatic nitrogens is 4. The molecule has 1 aliphatic carbocycles. The van der Waals surface area contributed by atoms with Crippen LogP contribution in [0, 0.1) is 5.92 Å². The number of nitrogens with one attached hydrogen (secondary N) is 1. The molecule has 0 radical (unpaired) electrons. The number of hydrogen-bond donors (Lipinski definition) is 1. The van der Waals surface area contributed by atoms with E-state index in [1.807, 2.05) is 24.5 Å². The highest BCUT2D eigenvalue weighted by atomic mass is 35.5. The van der Waals surface area contributed by atoms with E-state index in [1.165, 1.54) is 0 Å². The number of halogens is 2. The molecule has 2 aromatic heterocycles. The summed E-state index contributed by atoms with van der Waals surface area (Å²) in [5.74, 6) is 0.941. The first-order valence-electron chi connectivity index (χ1n) is 10.2. The molecule has 1 saturated heterocycles. The van der Waals surface area contributed by atoms with Gasteiger partial charge < -0.3 is 14.8 Å². The highest BCUT2D eigenvalue weighted by molar-refractivity contribution is 6.30. The van der Waals surface area contributed by atoms with Gasteiger partial charge in [-0.1, -0.05) is 17.7 Å². The Morgan fingerprint density at radius 3 is 2.90 bits per heavy atom. The molecule has 6 nitrogen and oxygen atoms in total. The van der Waals surface area contributed by atoms with Crippen LogP contribution in [0.25, 0.3) is 11.2 Å². The van der Waals surface area contributed by atoms with Crippen molar-refractivity contribution in [1.82, 2.24) is 24.8 Å². The van der Waals surface area contributed by atoms with E-state index in [0.717, 1.165) is 61.4 Å². The molecule has 1 N–H and O–H groups in total. The molecule has 2 aliphatic rings. The summed E-state index contributed by atoms with van der Waals surface area (Å²) in [5, 5.41) is 4.13. The van der Waals surface area contributed by atoms with Crippen LogP contribution in [0.5, 0.6) is 0 Å². The normalized spacial score (nSPS) is 24.4. The van der Waals surface area contributed by atoms with Crippen LogP contribution in [0.2, 0.25) is 5.02 Å². The summed E-state index contributed by atoms with van der Waals surface area (Å²) in [6.07, 6.45) is 7.19. The van der Waals surface area contributed by atoms with E-state index < -0.39 is 0 Å². The van der Waals surface area contributed by atoms with E-state index in [-0.39, 0.29) is 24.7 Å². The first-order valence-corrected chi connectivity index (χ1v) is 10.6. The van der Waals surface area contributed by atoms with Gasteiger partial charge >= 0.3 is 0 Å². The van der Waals surface area contributed by atoms with Gasteiger partial charge in [0.15, 0.2) is 17.0 Å². The van der Waals surface area contributed by atoms with Crippen LogP contribution >= 0.6 is 11.6 Å². The molecule has 0 amide bonds. The fourth-order valence-electron chi connectivity index (χ4n) is 4.72. The van der Waals surface area contributed by atoms with Gasteiger partial charge in [-0.15, -0.1) is 0 Å². The zero-order chi connectivity index (χ0) is 19.8. The Hall–Kier alpha value is -2.25. The monoisotopic (exact) mass is 414 g/mol. The van der Waals surface area contributed by atoms with Crippen LogP contribution in [-0.2, 0) is 0 Å². The Kier molecular flexibility index (Phi) is 5.09. The summed E-state index contributed by atoms with van der Waals surface area (Å²) >= 11 is 6.29. The predicted octanol–water partition coefficient (Wildman–Crippen LogP) is 4.29. The van der Waals surface area contributed by atoms with Gasteiger partial charge in [0, 0.05) is 29.3 Å². The minimum Gasteiger partial charge on any atom is -0.320 e. The maximum atomic E-state index is 13.1. The number of anilines is 2. The Balaban J connectivity index is 1.59. The fraction of sp³-hybridized carbons (Fsp3) is 0.476. The highest BCUT2D eigenvalue weighted by Crippen LogP contribution is 2.38. The van der Waals surface area contributed by atoms with Gasteiger partial charge in [-0.2, -0.15) is 0 Å². The second-order valence-corrected chi connectivity index (χ2v) is 8.44. The topological polar surface area (TPSA) is 58.9 Å². The molecule has 152 valence electrons. The molecule has 1 aliphatic heterocycles. The number of fused-ring (bicyclic) bond motifs is 1. The van der Waals surface area contributed by atoms with Gasteiger partial charge in [-0.3, -0.25) is 4.39 Å². The third kappa shape index (κ3) is 3.46. The molecule has 0 bridgehead atoms. The summed E-state index contributed by atoms with van der Waals surface area (Å²) in [6.45, 7) is 1.59. The summed E-state index contributed by atoms with van der Waals surface area (Å²) < 4.78 is 15.2. The summed E-state index contributed by atoms with van der Waals surface area (Å²) in [5.41, 5.74) is 2.60. The number of nitrogens with zero attached hydrogens (tertiary/aromatic N) is 5. The van der Waals surface area contributed by atoms with Crippen LogP contribution in [0.4, 0.5) is 15.9 Å². The molecule has 1 aromatic carbocycles. The minimum absolute atomic E-state index is 0.145. The predicted molar refractivity (Wildman–Crippen MR) is 113 cm³/mol. The smallest absolute Gasteiger partial charge is 0.165 e. The average molecular weight is 415 g/mol. The largest absolute Gasteiger partial charge is 0.320 e. The van der Waals surface area contributed by atoms with Gasteiger partial charge in [-0.25, -0.2) is 15.0 Å². The first-order chi connectivity index (χ1) is 14.2. The molecule has 3 unspecified atom stereocenters. The summed E-state index contributed by atoms with van der Waals surface area (Å²) in [4.78, 5) is 16.1. The van der Waals surface area contributed by atoms with E-state index in [9.17, 15) is 4.39 Å². The lowest BCUT2D eigenvalue weighted by atomic mass is 10.1. The van der Waals surface area contributed by atoms with Crippen molar-refractivity contribution in [3.63, 3.8) is 0 Å². The van der Waals surface area contributed by atoms with Crippen LogP contribution in [0.15, 0.2) is 36.9 Å². The lowest BCUT2D eigenvalue weighted by Crippen LogP contribution is -2.33. The van der Waals surface area contributed by atoms with E-state index in [0.29, 0.717) is 5.02 Å². The second-order valence-electron chi connectivity index (χ2n) is 8.01. The lowest BCUT2D eigenvalue weighted by Gasteiger charge is -2.30. The number of benzene rings is 1. The van der Waals surface area contributed by atoms with E-state index in [1.54, 1.807) is 6.33 Å². The Bertz CT molecular complexity index is 1000. The molecule has 29 heavy (non-hydrogen) atoms. The number of hydrogen-bond acceptors (Lipinski definition) is 5. The molecule has 0 spiro atoms. The number of rotatable bonds is 5. The van der Waals surface area contributed by atoms with Gasteiger partial charge in [-0.05, 0) is 56.3 Å². The van der Waals surface area contributed by atoms with Crippen molar-refractivity contribution >= 4 is 34.3 Å². The number of alkyl halides is 1. The van der Waals surface area contributed by atoms with Gasteiger partial charge in [0.1, 0.15) is 6.33 Å². The van der Waals surface area contributed by atoms with Crippen molar-refractivity contribution in [2.24, 2.45) is 5.92 Å². The van der Waals surface area contributed by atoms with Crippen molar-refractivity contribution in [2.45, 2.75) is 37.8 Å². The highest BCUT2D eigenvalue weighted by Gasteiger charge is 2.30. The SMILES string of the molecule is FCC1CCC(n2cnc3c(N(c4cccc(Cl)c4)C4CCNC4)ncnc32)C1. The third-order valence-electron chi connectivity index (χ3n) is 6.18. The van der Waals surface area contributed by atoms with E-state index in [2.05, 4.69) is 30.8 Å². The maximum absolute atomic E-state index is 13.1. The van der Waals surface area contributed by atoms with Crippen molar-refractivity contribution in [3.8, 4) is 0 Å². The molecule has 2 fully saturated rings. The zero-order valence-electron chi connectivity index (χ0n) is 16.1. The van der Waals surface area contributed by atoms with E-state index in [4.69, 9.17) is 16.6 Å². The summed E-state index contributed by atoms with van der Waals surface area (Å²) in [7, 11) is 0. The Labute approximate surface area is 174 Å². The zero-order valence-corrected chi connectivity index (χ0v) is 16.9. The summed E-state index contributed by atoms with van der Waals surface area (Å²) in [6, 6.07) is 8.36. The molecule has 8 heteroatoms. The maximum Gasteiger partial charge on any atom is 0.165 e. The average Bonchev–Trinajstić information content (AvgIpc) is 3.49. The second kappa shape index (κ2) is 7.88. The lowest BCUT2D eigenvalue weighted by molar-refractivity contribution is 0.357. The van der Waals surface area contributed by atoms with Crippen molar-refractivity contribution in [3.05, 3.63) is 41.9 Å².